The van der Waals surface area contributed by atoms with E-state index in [0.717, 1.165) is 44.8 Å². The lowest BCUT2D eigenvalue weighted by Gasteiger charge is -2.34. The monoisotopic (exact) mass is 367 g/mol. The maximum atomic E-state index is 12.2. The minimum absolute atomic E-state index is 0.0123. The van der Waals surface area contributed by atoms with Crippen molar-refractivity contribution in [3.63, 3.8) is 0 Å². The van der Waals surface area contributed by atoms with Gasteiger partial charge in [-0.15, -0.1) is 0 Å². The van der Waals surface area contributed by atoms with Crippen LogP contribution in [0.15, 0.2) is 54.6 Å². The highest BCUT2D eigenvalue weighted by molar-refractivity contribution is 5.94. The van der Waals surface area contributed by atoms with Crippen LogP contribution < -0.4 is 5.32 Å². The van der Waals surface area contributed by atoms with Gasteiger partial charge in [0.05, 0.1) is 6.61 Å². The Morgan fingerprint density at radius 1 is 0.926 bits per heavy atom. The van der Waals surface area contributed by atoms with E-state index < -0.39 is 0 Å². The van der Waals surface area contributed by atoms with Crippen LogP contribution in [-0.4, -0.2) is 62.1 Å². The second-order valence-corrected chi connectivity index (χ2v) is 6.99. The summed E-state index contributed by atoms with van der Waals surface area (Å²) in [7, 11) is 1.67. The van der Waals surface area contributed by atoms with Gasteiger partial charge >= 0.3 is 0 Å². The van der Waals surface area contributed by atoms with Crippen molar-refractivity contribution in [3.05, 3.63) is 71.3 Å². The number of piperazine rings is 1. The van der Waals surface area contributed by atoms with Gasteiger partial charge in [-0.05, 0) is 23.3 Å². The van der Waals surface area contributed by atoms with Crippen LogP contribution in [0.5, 0.6) is 0 Å². The van der Waals surface area contributed by atoms with Gasteiger partial charge in [-0.2, -0.15) is 0 Å². The Morgan fingerprint density at radius 3 is 2.26 bits per heavy atom. The van der Waals surface area contributed by atoms with Gasteiger partial charge in [-0.25, -0.2) is 0 Å². The molecule has 144 valence electrons. The van der Waals surface area contributed by atoms with Crippen LogP contribution in [0, 0.1) is 0 Å². The first-order valence-corrected chi connectivity index (χ1v) is 9.59. The van der Waals surface area contributed by atoms with Crippen LogP contribution in [0.3, 0.4) is 0 Å². The van der Waals surface area contributed by atoms with Gasteiger partial charge in [-0.3, -0.25) is 14.6 Å². The average Bonchev–Trinajstić information content (AvgIpc) is 2.71. The summed E-state index contributed by atoms with van der Waals surface area (Å²) in [6, 6.07) is 18.2. The Labute approximate surface area is 161 Å². The number of benzene rings is 2. The van der Waals surface area contributed by atoms with Crippen LogP contribution in [0.25, 0.3) is 0 Å². The number of nitrogens with one attached hydrogen (secondary N) is 1. The zero-order valence-electron chi connectivity index (χ0n) is 16.1. The Balaban J connectivity index is 1.34. The molecule has 3 rings (SSSR count). The average molecular weight is 367 g/mol. The van der Waals surface area contributed by atoms with Gasteiger partial charge in [0.2, 0.25) is 0 Å². The molecular weight excluding hydrogens is 338 g/mol. The van der Waals surface area contributed by atoms with E-state index >= 15 is 0 Å². The van der Waals surface area contributed by atoms with E-state index in [0.29, 0.717) is 18.7 Å². The SMILES string of the molecule is COCc1ccc(C(=O)NCCN2CCN(Cc3ccccc3)CC2)cc1. The lowest BCUT2D eigenvalue weighted by Crippen LogP contribution is -2.48. The van der Waals surface area contributed by atoms with Crippen molar-refractivity contribution < 1.29 is 9.53 Å². The molecule has 0 aliphatic carbocycles. The smallest absolute Gasteiger partial charge is 0.251 e. The molecule has 0 saturated carbocycles. The summed E-state index contributed by atoms with van der Waals surface area (Å²) >= 11 is 0. The van der Waals surface area contributed by atoms with E-state index in [1.54, 1.807) is 7.11 Å². The minimum atomic E-state index is -0.0123. The summed E-state index contributed by atoms with van der Waals surface area (Å²) in [5.41, 5.74) is 3.14. The highest BCUT2D eigenvalue weighted by Gasteiger charge is 2.16. The number of amides is 1. The highest BCUT2D eigenvalue weighted by Crippen LogP contribution is 2.08. The van der Waals surface area contributed by atoms with E-state index in [1.165, 1.54) is 5.56 Å². The van der Waals surface area contributed by atoms with Crippen molar-refractivity contribution in [2.75, 3.05) is 46.4 Å². The first-order chi connectivity index (χ1) is 13.2. The Morgan fingerprint density at radius 2 is 1.59 bits per heavy atom. The zero-order valence-corrected chi connectivity index (χ0v) is 16.1. The number of carbonyl (C=O) groups is 1. The number of hydrogen-bond acceptors (Lipinski definition) is 4. The quantitative estimate of drug-likeness (QED) is 0.778. The van der Waals surface area contributed by atoms with Gasteiger partial charge in [0.25, 0.3) is 5.91 Å². The highest BCUT2D eigenvalue weighted by atomic mass is 16.5. The van der Waals surface area contributed by atoms with Crippen LogP contribution >= 0.6 is 0 Å². The van der Waals surface area contributed by atoms with Gasteiger partial charge in [0.15, 0.2) is 0 Å². The summed E-state index contributed by atoms with van der Waals surface area (Å²) in [5, 5.41) is 3.02. The van der Waals surface area contributed by atoms with Gasteiger partial charge in [0.1, 0.15) is 0 Å². The van der Waals surface area contributed by atoms with Crippen molar-refractivity contribution in [2.24, 2.45) is 0 Å². The molecule has 27 heavy (non-hydrogen) atoms. The van der Waals surface area contributed by atoms with Crippen LogP contribution in [0.2, 0.25) is 0 Å². The standard InChI is InChI=1S/C22H29N3O2/c1-27-18-20-7-9-21(10-8-20)22(26)23-11-12-24-13-15-25(16-14-24)17-19-5-3-2-4-6-19/h2-10H,11-18H2,1H3,(H,23,26). The molecule has 1 fully saturated rings. The molecule has 0 spiro atoms. The summed E-state index contributed by atoms with van der Waals surface area (Å²) in [6.45, 7) is 7.41. The lowest BCUT2D eigenvalue weighted by atomic mass is 10.1. The minimum Gasteiger partial charge on any atom is -0.380 e. The first kappa shape index (κ1) is 19.5. The predicted molar refractivity (Wildman–Crippen MR) is 108 cm³/mol. The van der Waals surface area contributed by atoms with Gasteiger partial charge in [0, 0.05) is 58.5 Å². The van der Waals surface area contributed by atoms with E-state index in [2.05, 4.69) is 45.4 Å². The number of methoxy groups -OCH3 is 1. The topological polar surface area (TPSA) is 44.8 Å². The molecule has 0 atom stereocenters. The molecule has 1 N–H and O–H groups in total. The van der Waals surface area contributed by atoms with Crippen LogP contribution in [0.4, 0.5) is 0 Å². The van der Waals surface area contributed by atoms with Crippen molar-refractivity contribution in [1.82, 2.24) is 15.1 Å². The maximum Gasteiger partial charge on any atom is 0.251 e. The molecule has 1 saturated heterocycles. The van der Waals surface area contributed by atoms with Crippen molar-refractivity contribution in [2.45, 2.75) is 13.2 Å². The molecule has 0 unspecified atom stereocenters. The molecule has 1 amide bonds. The number of hydrogen-bond donors (Lipinski definition) is 1. The molecule has 5 heteroatoms. The molecule has 1 heterocycles. The summed E-state index contributed by atoms with van der Waals surface area (Å²) in [4.78, 5) is 17.2. The second-order valence-electron chi connectivity index (χ2n) is 6.99. The molecule has 0 bridgehead atoms. The van der Waals surface area contributed by atoms with E-state index in [9.17, 15) is 4.79 Å². The molecule has 2 aromatic carbocycles. The van der Waals surface area contributed by atoms with Crippen molar-refractivity contribution in [1.29, 1.82) is 0 Å². The van der Waals surface area contributed by atoms with Crippen LogP contribution in [0.1, 0.15) is 21.5 Å². The van der Waals surface area contributed by atoms with Gasteiger partial charge in [-0.1, -0.05) is 42.5 Å². The number of nitrogens with zero attached hydrogens (tertiary/aromatic N) is 2. The third kappa shape index (κ3) is 6.17. The fraction of sp³-hybridized carbons (Fsp3) is 0.409. The third-order valence-corrected chi connectivity index (χ3v) is 4.95. The van der Waals surface area contributed by atoms with E-state index in [-0.39, 0.29) is 5.91 Å². The summed E-state index contributed by atoms with van der Waals surface area (Å²) in [6.07, 6.45) is 0. The van der Waals surface area contributed by atoms with Crippen molar-refractivity contribution in [3.8, 4) is 0 Å². The normalized spacial score (nSPS) is 15.6. The van der Waals surface area contributed by atoms with Gasteiger partial charge < -0.3 is 10.1 Å². The van der Waals surface area contributed by atoms with E-state index in [4.69, 9.17) is 4.74 Å². The second kappa shape index (κ2) is 10.2. The molecule has 0 aromatic heterocycles. The number of rotatable bonds is 8. The number of ether oxygens (including phenoxy) is 1. The fourth-order valence-electron chi connectivity index (χ4n) is 3.36. The van der Waals surface area contributed by atoms with E-state index in [1.807, 2.05) is 24.3 Å². The molecule has 5 nitrogen and oxygen atoms in total. The largest absolute Gasteiger partial charge is 0.380 e. The zero-order chi connectivity index (χ0) is 18.9. The molecule has 2 aromatic rings. The predicted octanol–water partition coefficient (Wildman–Crippen LogP) is 2.38. The summed E-state index contributed by atoms with van der Waals surface area (Å²) in [5.74, 6) is -0.0123. The van der Waals surface area contributed by atoms with Crippen molar-refractivity contribution >= 4 is 5.91 Å². The first-order valence-electron chi connectivity index (χ1n) is 9.59. The molecule has 1 aliphatic rings. The summed E-state index contributed by atoms with van der Waals surface area (Å²) < 4.78 is 5.09. The third-order valence-electron chi connectivity index (χ3n) is 4.95. The number of carbonyl (C=O) groups excluding carboxylic acids is 1. The Bertz CT molecular complexity index is 695. The molecule has 1 aliphatic heterocycles. The lowest BCUT2D eigenvalue weighted by molar-refractivity contribution is 0.0934. The Hall–Kier alpha value is -2.21. The van der Waals surface area contributed by atoms with Crippen LogP contribution in [-0.2, 0) is 17.9 Å². The molecule has 0 radical (unpaired) electrons. The molecular formula is C22H29N3O2. The maximum absolute atomic E-state index is 12.2. The fourth-order valence-corrected chi connectivity index (χ4v) is 3.36. The Kier molecular flexibility index (Phi) is 7.39.